The molecule has 0 radical (unpaired) electrons. The van der Waals surface area contributed by atoms with E-state index in [1.807, 2.05) is 62.1 Å². The lowest BCUT2D eigenvalue weighted by molar-refractivity contribution is 0.374. The molecule has 0 saturated carbocycles. The summed E-state index contributed by atoms with van der Waals surface area (Å²) < 4.78 is 15.4. The molecule has 2 aromatic heterocycles. The molecule has 4 rings (SSSR count). The summed E-state index contributed by atoms with van der Waals surface area (Å²) in [7, 11) is -0.350. The number of fused-ring (bicyclic) bond motifs is 1. The third-order valence-electron chi connectivity index (χ3n) is 5.40. The van der Waals surface area contributed by atoms with Crippen molar-refractivity contribution in [3.63, 3.8) is 0 Å². The first kappa shape index (κ1) is 27.7. The highest BCUT2D eigenvalue weighted by atomic mass is 35.5. The highest BCUT2D eigenvalue weighted by Gasteiger charge is 2.22. The Morgan fingerprint density at radius 3 is 2.41 bits per heavy atom. The molecule has 2 heterocycles. The van der Waals surface area contributed by atoms with Gasteiger partial charge in [0.05, 0.1) is 5.52 Å². The summed E-state index contributed by atoms with van der Waals surface area (Å²) in [6, 6.07) is 14.4. The van der Waals surface area contributed by atoms with Crippen LogP contribution in [0.15, 0.2) is 59.6 Å². The molecule has 196 valence electrons. The predicted molar refractivity (Wildman–Crippen MR) is 152 cm³/mol. The fraction of sp³-hybridized carbons (Fsp3) is 0.250. The first-order valence-electron chi connectivity index (χ1n) is 11.3. The van der Waals surface area contributed by atoms with E-state index in [9.17, 15) is 14.4 Å². The quantitative estimate of drug-likeness (QED) is 0.162. The van der Waals surface area contributed by atoms with Gasteiger partial charge in [-0.2, -0.15) is 0 Å². The Morgan fingerprint density at radius 2 is 1.78 bits per heavy atom. The molecule has 0 aliphatic heterocycles. The van der Waals surface area contributed by atoms with E-state index in [-0.39, 0.29) is 0 Å². The van der Waals surface area contributed by atoms with Crippen LogP contribution in [0.4, 0.5) is 11.5 Å². The van der Waals surface area contributed by atoms with Crippen LogP contribution in [0.5, 0.6) is 0 Å². The van der Waals surface area contributed by atoms with Gasteiger partial charge in [-0.05, 0) is 87.1 Å². The Bertz CT molecular complexity index is 1420. The van der Waals surface area contributed by atoms with Gasteiger partial charge in [0.15, 0.2) is 5.82 Å². The molecule has 9 nitrogen and oxygen atoms in total. The smallest absolute Gasteiger partial charge is 0.345 e. The third-order valence-corrected chi connectivity index (χ3v) is 7.69. The zero-order valence-corrected chi connectivity index (χ0v) is 23.7. The number of nitrogens with one attached hydrogen (secondary N) is 1. The van der Waals surface area contributed by atoms with Crippen molar-refractivity contribution in [2.75, 3.05) is 43.1 Å². The van der Waals surface area contributed by atoms with Crippen LogP contribution in [-0.4, -0.2) is 62.9 Å². The molecule has 0 aliphatic carbocycles. The normalized spacial score (nSPS) is 11.9. The van der Waals surface area contributed by atoms with Crippen molar-refractivity contribution in [1.82, 2.24) is 19.7 Å². The Balaban J connectivity index is 1.64. The summed E-state index contributed by atoms with van der Waals surface area (Å²) in [5.41, 5.74) is 2.51. The fourth-order valence-corrected chi connectivity index (χ4v) is 6.39. The summed E-state index contributed by atoms with van der Waals surface area (Å²) in [6.07, 6.45) is 1.48. The van der Waals surface area contributed by atoms with Gasteiger partial charge in [-0.3, -0.25) is 13.4 Å². The maximum absolute atomic E-state index is 11.9. The maximum Gasteiger partial charge on any atom is 0.345 e. The molecular weight excluding hydrogens is 554 g/mol. The van der Waals surface area contributed by atoms with E-state index < -0.39 is 13.9 Å². The monoisotopic (exact) mass is 580 g/mol. The van der Waals surface area contributed by atoms with Crippen LogP contribution in [0.25, 0.3) is 16.7 Å². The van der Waals surface area contributed by atoms with E-state index in [1.54, 1.807) is 22.5 Å². The Hall–Kier alpha value is -2.30. The predicted octanol–water partition coefficient (Wildman–Crippen LogP) is 5.66. The minimum atomic E-state index is -4.37. The first-order valence-corrected chi connectivity index (χ1v) is 14.6. The van der Waals surface area contributed by atoms with Gasteiger partial charge < -0.3 is 20.0 Å². The SMILES string of the molecule is Cc1cn(-c2ccc(NCCN(C)C)nn2)c2ccc(N(CP(=O)(O)O)Sc3cc(Cl)cc(Cl)c3)cc12. The second-order valence-corrected chi connectivity index (χ2v) is 12.4. The molecule has 2 aromatic carbocycles. The lowest BCUT2D eigenvalue weighted by Gasteiger charge is -2.24. The second-order valence-electron chi connectivity index (χ2n) is 8.77. The molecule has 0 spiro atoms. The van der Waals surface area contributed by atoms with Crippen LogP contribution in [0, 0.1) is 6.92 Å². The van der Waals surface area contributed by atoms with E-state index in [0.29, 0.717) is 32.3 Å². The minimum Gasteiger partial charge on any atom is -0.367 e. The van der Waals surface area contributed by atoms with Gasteiger partial charge in [0.2, 0.25) is 0 Å². The van der Waals surface area contributed by atoms with Crippen molar-refractivity contribution >= 4 is 65.2 Å². The first-order chi connectivity index (χ1) is 17.5. The van der Waals surface area contributed by atoms with E-state index in [4.69, 9.17) is 23.2 Å². The third kappa shape index (κ3) is 7.39. The van der Waals surface area contributed by atoms with Crippen molar-refractivity contribution in [2.45, 2.75) is 11.8 Å². The zero-order valence-electron chi connectivity index (χ0n) is 20.5. The lowest BCUT2D eigenvalue weighted by atomic mass is 10.2. The number of nitrogens with zero attached hydrogens (tertiary/aromatic N) is 5. The number of aromatic nitrogens is 3. The molecule has 0 unspecified atom stereocenters. The number of likely N-dealkylation sites (N-methyl/N-ethyl adjacent to an activating group) is 1. The zero-order chi connectivity index (χ0) is 26.7. The Morgan fingerprint density at radius 1 is 1.05 bits per heavy atom. The molecular formula is C24H27Cl2N6O3PS. The Kier molecular flexibility index (Phi) is 8.70. The van der Waals surface area contributed by atoms with Crippen LogP contribution in [0.3, 0.4) is 0 Å². The van der Waals surface area contributed by atoms with E-state index in [2.05, 4.69) is 20.4 Å². The van der Waals surface area contributed by atoms with Gasteiger partial charge in [0.25, 0.3) is 0 Å². The highest BCUT2D eigenvalue weighted by Crippen LogP contribution is 2.43. The molecule has 0 bridgehead atoms. The number of rotatable bonds is 10. The summed E-state index contributed by atoms with van der Waals surface area (Å²) in [4.78, 5) is 22.2. The number of anilines is 2. The van der Waals surface area contributed by atoms with Crippen molar-refractivity contribution < 1.29 is 14.4 Å². The number of hydrogen-bond acceptors (Lipinski definition) is 7. The molecule has 37 heavy (non-hydrogen) atoms. The van der Waals surface area contributed by atoms with Gasteiger partial charge in [0, 0.05) is 45.3 Å². The molecule has 0 aliphatic rings. The van der Waals surface area contributed by atoms with Crippen molar-refractivity contribution in [3.8, 4) is 5.82 Å². The molecule has 3 N–H and O–H groups in total. The van der Waals surface area contributed by atoms with Crippen molar-refractivity contribution in [3.05, 3.63) is 70.3 Å². The number of benzene rings is 2. The van der Waals surface area contributed by atoms with Crippen LogP contribution < -0.4 is 9.62 Å². The fourth-order valence-electron chi connectivity index (χ4n) is 3.72. The summed E-state index contributed by atoms with van der Waals surface area (Å²) in [5.74, 6) is 1.37. The van der Waals surface area contributed by atoms with E-state index in [0.717, 1.165) is 41.5 Å². The topological polar surface area (TPSA) is 107 Å². The summed E-state index contributed by atoms with van der Waals surface area (Å²) in [6.45, 7) is 3.62. The van der Waals surface area contributed by atoms with Gasteiger partial charge in [-0.1, -0.05) is 23.2 Å². The minimum absolute atomic E-state index is 0.439. The molecule has 0 amide bonds. The van der Waals surface area contributed by atoms with Crippen molar-refractivity contribution in [2.24, 2.45) is 0 Å². The van der Waals surface area contributed by atoms with Crippen LogP contribution in [-0.2, 0) is 4.57 Å². The summed E-state index contributed by atoms with van der Waals surface area (Å²) >= 11 is 13.4. The summed E-state index contributed by atoms with van der Waals surface area (Å²) in [5, 5.41) is 13.7. The van der Waals surface area contributed by atoms with Gasteiger partial charge in [-0.15, -0.1) is 10.2 Å². The van der Waals surface area contributed by atoms with Crippen LogP contribution in [0.1, 0.15) is 5.56 Å². The highest BCUT2D eigenvalue weighted by molar-refractivity contribution is 8.01. The molecule has 4 aromatic rings. The van der Waals surface area contributed by atoms with Gasteiger partial charge in [0.1, 0.15) is 12.1 Å². The van der Waals surface area contributed by atoms with Crippen LogP contribution >= 0.6 is 42.7 Å². The second kappa shape index (κ2) is 11.6. The number of hydrogen-bond donors (Lipinski definition) is 3. The molecule has 0 fully saturated rings. The average molecular weight is 581 g/mol. The molecule has 0 saturated heterocycles. The van der Waals surface area contributed by atoms with E-state index >= 15 is 0 Å². The standard InChI is InChI=1S/C24H27Cl2N6O3PS/c1-16-14-31(24-7-6-23(28-29-24)27-8-9-30(2)3)22-5-4-19(13-21(16)22)32(15-36(33,34)35)37-20-11-17(25)10-18(26)12-20/h4-7,10-14H,8-9,15H2,1-3H3,(H,27,28)(H2,33,34,35). The largest absolute Gasteiger partial charge is 0.367 e. The Labute approximate surface area is 229 Å². The molecule has 13 heteroatoms. The van der Waals surface area contributed by atoms with Crippen LogP contribution in [0.2, 0.25) is 10.0 Å². The van der Waals surface area contributed by atoms with E-state index in [1.165, 1.54) is 0 Å². The molecule has 0 atom stereocenters. The van der Waals surface area contributed by atoms with Crippen molar-refractivity contribution in [1.29, 1.82) is 0 Å². The number of halogens is 2. The van der Waals surface area contributed by atoms with Gasteiger partial charge in [-0.25, -0.2) is 0 Å². The lowest BCUT2D eigenvalue weighted by Crippen LogP contribution is -2.21. The van der Waals surface area contributed by atoms with Gasteiger partial charge >= 0.3 is 7.60 Å². The maximum atomic E-state index is 11.9. The number of aryl methyl sites for hydroxylation is 1. The average Bonchev–Trinajstić information content (AvgIpc) is 3.13.